The zero-order valence-electron chi connectivity index (χ0n) is 15.0. The molecule has 0 saturated heterocycles. The molecule has 2 aromatic carbocycles. The fourth-order valence-electron chi connectivity index (χ4n) is 2.46. The van der Waals surface area contributed by atoms with Crippen LogP contribution < -0.4 is 10.1 Å². The molecule has 3 aromatic rings. The normalized spacial score (nSPS) is 12.0. The Morgan fingerprint density at radius 1 is 1.07 bits per heavy atom. The number of carbonyl (C=O) groups excluding carboxylic acids is 1. The Kier molecular flexibility index (Phi) is 6.06. The van der Waals surface area contributed by atoms with Crippen LogP contribution in [0.25, 0.3) is 6.08 Å². The zero-order valence-corrected chi connectivity index (χ0v) is 15.0. The number of ether oxygens (including phenoxy) is 1. The summed E-state index contributed by atoms with van der Waals surface area (Å²) in [5, 5.41) is 2.74. The van der Waals surface area contributed by atoms with Gasteiger partial charge in [-0.15, -0.1) is 0 Å². The molecule has 28 heavy (non-hydrogen) atoms. The monoisotopic (exact) mass is 381 g/mol. The highest BCUT2D eigenvalue weighted by Crippen LogP contribution is 2.22. The molecule has 0 aliphatic heterocycles. The molecule has 7 heteroatoms. The van der Waals surface area contributed by atoms with Crippen molar-refractivity contribution in [3.63, 3.8) is 0 Å². The zero-order chi connectivity index (χ0) is 19.9. The van der Waals surface area contributed by atoms with Gasteiger partial charge in [0, 0.05) is 24.0 Å². The molecule has 0 saturated carbocycles. The number of benzene rings is 2. The lowest BCUT2D eigenvalue weighted by Crippen LogP contribution is -2.24. The number of carbonyl (C=O) groups is 1. The number of halogens is 2. The number of hydrogen-bond acceptors (Lipinski definition) is 4. The number of aromatic nitrogens is 2. The smallest absolute Gasteiger partial charge is 0.321 e. The number of hydrogen-bond donors (Lipinski definition) is 1. The van der Waals surface area contributed by atoms with E-state index in [4.69, 9.17) is 4.74 Å². The summed E-state index contributed by atoms with van der Waals surface area (Å²) in [6, 6.07) is 12.2. The van der Waals surface area contributed by atoms with Crippen LogP contribution in [0, 0.1) is 11.6 Å². The van der Waals surface area contributed by atoms with Gasteiger partial charge in [0.2, 0.25) is 5.91 Å². The third kappa shape index (κ3) is 4.97. The van der Waals surface area contributed by atoms with E-state index in [1.165, 1.54) is 6.07 Å². The topological polar surface area (TPSA) is 64.1 Å². The van der Waals surface area contributed by atoms with Crippen LogP contribution in [-0.4, -0.2) is 15.9 Å². The van der Waals surface area contributed by atoms with Crippen LogP contribution in [0.3, 0.4) is 0 Å². The van der Waals surface area contributed by atoms with Crippen LogP contribution in [0.5, 0.6) is 11.8 Å². The van der Waals surface area contributed by atoms with Crippen molar-refractivity contribution < 1.29 is 18.3 Å². The van der Waals surface area contributed by atoms with Gasteiger partial charge in [0.15, 0.2) is 0 Å². The Hall–Kier alpha value is -3.61. The lowest BCUT2D eigenvalue weighted by molar-refractivity contribution is -0.117. The molecule has 1 heterocycles. The predicted octanol–water partition coefficient (Wildman–Crippen LogP) is 4.44. The standard InChI is InChI=1S/C21H17F2N3O2/c1-14(26-20(27)10-9-17-18(22)7-3-8-19(17)23)15-5-2-6-16(13-15)28-21-24-11-4-12-25-21/h2-14H,1H3,(H,26,27)/b10-9+. The SMILES string of the molecule is CC(NC(=O)/C=C/c1c(F)cccc1F)c1cccc(Oc2ncccn2)c1. The van der Waals surface area contributed by atoms with Crippen molar-refractivity contribution in [1.82, 2.24) is 15.3 Å². The lowest BCUT2D eigenvalue weighted by Gasteiger charge is -2.14. The fourth-order valence-corrected chi connectivity index (χ4v) is 2.46. The van der Waals surface area contributed by atoms with E-state index in [2.05, 4.69) is 15.3 Å². The van der Waals surface area contributed by atoms with Crippen molar-refractivity contribution in [2.45, 2.75) is 13.0 Å². The van der Waals surface area contributed by atoms with E-state index in [9.17, 15) is 13.6 Å². The first kappa shape index (κ1) is 19.2. The van der Waals surface area contributed by atoms with E-state index in [0.717, 1.165) is 29.8 Å². The highest BCUT2D eigenvalue weighted by Gasteiger charge is 2.10. The molecular formula is C21H17F2N3O2. The molecule has 0 radical (unpaired) electrons. The van der Waals surface area contributed by atoms with Crippen LogP contribution in [0.1, 0.15) is 24.1 Å². The molecule has 1 atom stereocenters. The van der Waals surface area contributed by atoms with E-state index < -0.39 is 17.5 Å². The minimum Gasteiger partial charge on any atom is -0.424 e. The van der Waals surface area contributed by atoms with Crippen LogP contribution in [-0.2, 0) is 4.79 Å². The second-order valence-electron chi connectivity index (χ2n) is 5.90. The maximum absolute atomic E-state index is 13.6. The Bertz CT molecular complexity index is 974. The van der Waals surface area contributed by atoms with Crippen molar-refractivity contribution in [2.75, 3.05) is 0 Å². The predicted molar refractivity (Wildman–Crippen MR) is 100 cm³/mol. The van der Waals surface area contributed by atoms with Crippen LogP contribution in [0.4, 0.5) is 8.78 Å². The Balaban J connectivity index is 1.65. The van der Waals surface area contributed by atoms with Gasteiger partial charge in [0.1, 0.15) is 17.4 Å². The molecular weight excluding hydrogens is 364 g/mol. The first-order chi connectivity index (χ1) is 13.5. The largest absolute Gasteiger partial charge is 0.424 e. The Morgan fingerprint density at radius 3 is 2.46 bits per heavy atom. The molecule has 1 aromatic heterocycles. The van der Waals surface area contributed by atoms with Gasteiger partial charge in [-0.25, -0.2) is 18.7 Å². The molecule has 0 aliphatic carbocycles. The summed E-state index contributed by atoms with van der Waals surface area (Å²) in [4.78, 5) is 20.1. The lowest BCUT2D eigenvalue weighted by atomic mass is 10.1. The van der Waals surface area contributed by atoms with E-state index >= 15 is 0 Å². The molecule has 142 valence electrons. The van der Waals surface area contributed by atoms with Gasteiger partial charge in [-0.3, -0.25) is 4.79 Å². The summed E-state index contributed by atoms with van der Waals surface area (Å²) < 4.78 is 32.8. The summed E-state index contributed by atoms with van der Waals surface area (Å²) in [6.45, 7) is 1.79. The van der Waals surface area contributed by atoms with Crippen LogP contribution in [0.15, 0.2) is 67.0 Å². The summed E-state index contributed by atoms with van der Waals surface area (Å²) in [7, 11) is 0. The number of amides is 1. The quantitative estimate of drug-likeness (QED) is 0.641. The summed E-state index contributed by atoms with van der Waals surface area (Å²) in [5.74, 6) is -1.42. The van der Waals surface area contributed by atoms with Crippen LogP contribution >= 0.6 is 0 Å². The fraction of sp³-hybridized carbons (Fsp3) is 0.0952. The highest BCUT2D eigenvalue weighted by atomic mass is 19.1. The van der Waals surface area contributed by atoms with Gasteiger partial charge < -0.3 is 10.1 Å². The van der Waals surface area contributed by atoms with Gasteiger partial charge >= 0.3 is 6.01 Å². The first-order valence-corrected chi connectivity index (χ1v) is 8.50. The average Bonchev–Trinajstić information content (AvgIpc) is 2.68. The third-order valence-electron chi connectivity index (χ3n) is 3.87. The minimum atomic E-state index is -0.731. The summed E-state index contributed by atoms with van der Waals surface area (Å²) in [5.41, 5.74) is 0.524. The van der Waals surface area contributed by atoms with Gasteiger partial charge in [0.25, 0.3) is 0 Å². The third-order valence-corrected chi connectivity index (χ3v) is 3.87. The maximum atomic E-state index is 13.6. The van der Waals surface area contributed by atoms with Gasteiger partial charge in [0.05, 0.1) is 6.04 Å². The van der Waals surface area contributed by atoms with Crippen molar-refractivity contribution in [1.29, 1.82) is 0 Å². The Labute approximate surface area is 160 Å². The number of rotatable bonds is 6. The molecule has 1 amide bonds. The van der Waals surface area contributed by atoms with E-state index in [-0.39, 0.29) is 17.6 Å². The number of nitrogens with zero attached hydrogens (tertiary/aromatic N) is 2. The van der Waals surface area contributed by atoms with Crippen molar-refractivity contribution in [3.8, 4) is 11.8 Å². The molecule has 1 N–H and O–H groups in total. The van der Waals surface area contributed by atoms with E-state index in [1.807, 2.05) is 6.07 Å². The molecule has 0 aliphatic rings. The van der Waals surface area contributed by atoms with Crippen molar-refractivity contribution >= 4 is 12.0 Å². The van der Waals surface area contributed by atoms with Crippen molar-refractivity contribution in [2.24, 2.45) is 0 Å². The molecule has 5 nitrogen and oxygen atoms in total. The maximum Gasteiger partial charge on any atom is 0.321 e. The van der Waals surface area contributed by atoms with Crippen molar-refractivity contribution in [3.05, 3.63) is 89.8 Å². The molecule has 0 bridgehead atoms. The highest BCUT2D eigenvalue weighted by molar-refractivity contribution is 5.92. The number of nitrogens with one attached hydrogen (secondary N) is 1. The van der Waals surface area contributed by atoms with Gasteiger partial charge in [-0.2, -0.15) is 0 Å². The first-order valence-electron chi connectivity index (χ1n) is 8.50. The van der Waals surface area contributed by atoms with Gasteiger partial charge in [-0.05, 0) is 48.9 Å². The van der Waals surface area contributed by atoms with E-state index in [1.54, 1.807) is 43.6 Å². The van der Waals surface area contributed by atoms with Gasteiger partial charge in [-0.1, -0.05) is 18.2 Å². The molecule has 3 rings (SSSR count). The molecule has 0 spiro atoms. The minimum absolute atomic E-state index is 0.214. The summed E-state index contributed by atoms with van der Waals surface area (Å²) >= 11 is 0. The second kappa shape index (κ2) is 8.85. The Morgan fingerprint density at radius 2 is 1.75 bits per heavy atom. The van der Waals surface area contributed by atoms with E-state index in [0.29, 0.717) is 5.75 Å². The summed E-state index contributed by atoms with van der Waals surface area (Å²) in [6.07, 6.45) is 5.34. The molecule has 0 fully saturated rings. The second-order valence-corrected chi connectivity index (χ2v) is 5.90. The molecule has 1 unspecified atom stereocenters. The average molecular weight is 381 g/mol. The van der Waals surface area contributed by atoms with Crippen LogP contribution in [0.2, 0.25) is 0 Å².